The fraction of sp³-hybridized carbons (Fsp3) is 0.0476. The molecule has 6 heteroatoms. The Morgan fingerprint density at radius 3 is 2.67 bits per heavy atom. The molecule has 0 aliphatic heterocycles. The minimum atomic E-state index is 0.410. The van der Waals surface area contributed by atoms with Gasteiger partial charge in [-0.2, -0.15) is 5.26 Å². The Morgan fingerprint density at radius 1 is 0.963 bits per heavy atom. The van der Waals surface area contributed by atoms with Crippen LogP contribution in [0.5, 0.6) is 5.75 Å². The predicted molar refractivity (Wildman–Crippen MR) is 103 cm³/mol. The van der Waals surface area contributed by atoms with Crippen molar-refractivity contribution in [1.82, 2.24) is 15.0 Å². The highest BCUT2D eigenvalue weighted by Gasteiger charge is 2.02. The van der Waals surface area contributed by atoms with Crippen molar-refractivity contribution >= 4 is 22.7 Å². The van der Waals surface area contributed by atoms with Gasteiger partial charge in [0.1, 0.15) is 23.7 Å². The van der Waals surface area contributed by atoms with Crippen molar-refractivity contribution in [2.45, 2.75) is 6.61 Å². The van der Waals surface area contributed by atoms with Crippen LogP contribution < -0.4 is 10.1 Å². The molecule has 0 aliphatic rings. The van der Waals surface area contributed by atoms with Gasteiger partial charge in [-0.3, -0.25) is 4.98 Å². The van der Waals surface area contributed by atoms with E-state index in [0.29, 0.717) is 23.6 Å². The van der Waals surface area contributed by atoms with Crippen molar-refractivity contribution in [1.29, 1.82) is 5.26 Å². The first kappa shape index (κ1) is 16.5. The summed E-state index contributed by atoms with van der Waals surface area (Å²) in [7, 11) is 0. The summed E-state index contributed by atoms with van der Waals surface area (Å²) in [6.45, 7) is 0.410. The molecule has 27 heavy (non-hydrogen) atoms. The molecule has 0 saturated carbocycles. The van der Waals surface area contributed by atoms with Crippen LogP contribution in [0.2, 0.25) is 0 Å². The Kier molecular flexibility index (Phi) is 4.58. The Bertz CT molecular complexity index is 1120. The second-order valence-electron chi connectivity index (χ2n) is 5.85. The molecule has 0 unspecified atom stereocenters. The van der Waals surface area contributed by atoms with Crippen LogP contribution in [0, 0.1) is 11.3 Å². The van der Waals surface area contributed by atoms with Crippen molar-refractivity contribution in [2.75, 3.05) is 5.32 Å². The van der Waals surface area contributed by atoms with Crippen molar-refractivity contribution < 1.29 is 4.74 Å². The number of benzene rings is 2. The lowest BCUT2D eigenvalue weighted by atomic mass is 10.1. The summed E-state index contributed by atoms with van der Waals surface area (Å²) in [5.41, 5.74) is 3.83. The van der Waals surface area contributed by atoms with E-state index in [1.54, 1.807) is 18.5 Å². The molecule has 0 fully saturated rings. The Morgan fingerprint density at radius 2 is 1.81 bits per heavy atom. The first-order valence-corrected chi connectivity index (χ1v) is 8.37. The smallest absolute Gasteiger partial charge is 0.180 e. The molecule has 130 valence electrons. The van der Waals surface area contributed by atoms with Gasteiger partial charge in [0.25, 0.3) is 0 Å². The van der Waals surface area contributed by atoms with Crippen LogP contribution in [0.3, 0.4) is 0 Å². The maximum Gasteiger partial charge on any atom is 0.180 e. The minimum Gasteiger partial charge on any atom is -0.489 e. The van der Waals surface area contributed by atoms with E-state index in [-0.39, 0.29) is 0 Å². The highest BCUT2D eigenvalue weighted by Crippen LogP contribution is 2.21. The second kappa shape index (κ2) is 7.50. The molecule has 0 radical (unpaired) electrons. The van der Waals surface area contributed by atoms with Gasteiger partial charge in [-0.05, 0) is 54.1 Å². The third kappa shape index (κ3) is 3.99. The molecular weight excluding hydrogens is 338 g/mol. The molecule has 0 atom stereocenters. The average Bonchev–Trinajstić information content (AvgIpc) is 2.73. The van der Waals surface area contributed by atoms with Gasteiger partial charge in [0.05, 0.1) is 11.6 Å². The quantitative estimate of drug-likeness (QED) is 0.578. The number of nitrogens with zero attached hydrogens (tertiary/aromatic N) is 4. The van der Waals surface area contributed by atoms with Gasteiger partial charge in [0, 0.05) is 18.1 Å². The lowest BCUT2D eigenvalue weighted by Crippen LogP contribution is -1.97. The molecule has 0 bridgehead atoms. The van der Waals surface area contributed by atoms with Gasteiger partial charge in [0.15, 0.2) is 5.65 Å². The largest absolute Gasteiger partial charge is 0.489 e. The van der Waals surface area contributed by atoms with Crippen molar-refractivity contribution in [2.24, 2.45) is 0 Å². The zero-order valence-electron chi connectivity index (χ0n) is 14.3. The van der Waals surface area contributed by atoms with Crippen molar-refractivity contribution in [3.8, 4) is 11.8 Å². The van der Waals surface area contributed by atoms with E-state index >= 15 is 0 Å². The van der Waals surface area contributed by atoms with E-state index in [0.717, 1.165) is 22.5 Å². The number of nitrogens with one attached hydrogen (secondary N) is 1. The van der Waals surface area contributed by atoms with Crippen LogP contribution in [-0.4, -0.2) is 15.0 Å². The number of aromatic nitrogens is 3. The molecule has 0 spiro atoms. The molecule has 2 heterocycles. The Balaban J connectivity index is 1.41. The van der Waals surface area contributed by atoms with E-state index in [4.69, 9.17) is 10.00 Å². The summed E-state index contributed by atoms with van der Waals surface area (Å²) in [4.78, 5) is 12.9. The van der Waals surface area contributed by atoms with Crippen LogP contribution >= 0.6 is 0 Å². The molecule has 0 aliphatic carbocycles. The predicted octanol–water partition coefficient (Wildman–Crippen LogP) is 4.22. The van der Waals surface area contributed by atoms with Gasteiger partial charge in [-0.25, -0.2) is 9.97 Å². The van der Waals surface area contributed by atoms with Gasteiger partial charge in [-0.15, -0.1) is 0 Å². The van der Waals surface area contributed by atoms with Crippen molar-refractivity contribution in [3.63, 3.8) is 0 Å². The van der Waals surface area contributed by atoms with E-state index in [1.165, 1.54) is 0 Å². The molecule has 0 saturated heterocycles. The van der Waals surface area contributed by atoms with Crippen LogP contribution in [0.15, 0.2) is 73.1 Å². The molecule has 4 aromatic rings. The molecule has 0 amide bonds. The van der Waals surface area contributed by atoms with Gasteiger partial charge < -0.3 is 10.1 Å². The fourth-order valence-corrected chi connectivity index (χ4v) is 2.60. The van der Waals surface area contributed by atoms with Crippen LogP contribution in [-0.2, 0) is 6.61 Å². The molecule has 2 aromatic heterocycles. The van der Waals surface area contributed by atoms with Gasteiger partial charge in [0.2, 0.25) is 0 Å². The third-order valence-corrected chi connectivity index (χ3v) is 3.92. The first-order valence-electron chi connectivity index (χ1n) is 8.37. The monoisotopic (exact) mass is 353 g/mol. The number of anilines is 2. The summed E-state index contributed by atoms with van der Waals surface area (Å²) < 4.78 is 5.78. The summed E-state index contributed by atoms with van der Waals surface area (Å²) >= 11 is 0. The summed E-state index contributed by atoms with van der Waals surface area (Å²) in [5.74, 6) is 1.45. The van der Waals surface area contributed by atoms with Gasteiger partial charge >= 0.3 is 0 Å². The number of hydrogen-bond acceptors (Lipinski definition) is 6. The number of ether oxygens (including phenoxy) is 1. The SMILES string of the molecule is N#Cc1cccc(COc2ccc(Nc3ccc4nccnc4n3)cc2)c1. The van der Waals surface area contributed by atoms with Crippen LogP contribution in [0.25, 0.3) is 11.2 Å². The molecule has 1 N–H and O–H groups in total. The van der Waals surface area contributed by atoms with E-state index in [9.17, 15) is 0 Å². The molecule has 6 nitrogen and oxygen atoms in total. The maximum atomic E-state index is 8.95. The average molecular weight is 353 g/mol. The molecule has 2 aromatic carbocycles. The first-order chi connectivity index (χ1) is 13.3. The lowest BCUT2D eigenvalue weighted by molar-refractivity contribution is 0.306. The van der Waals surface area contributed by atoms with E-state index in [1.807, 2.05) is 54.6 Å². The van der Waals surface area contributed by atoms with E-state index < -0.39 is 0 Å². The Labute approximate surface area is 156 Å². The summed E-state index contributed by atoms with van der Waals surface area (Å²) in [6.07, 6.45) is 3.27. The summed E-state index contributed by atoms with van der Waals surface area (Å²) in [5, 5.41) is 12.2. The van der Waals surface area contributed by atoms with Gasteiger partial charge in [-0.1, -0.05) is 12.1 Å². The summed E-state index contributed by atoms with van der Waals surface area (Å²) in [6, 6.07) is 20.9. The highest BCUT2D eigenvalue weighted by molar-refractivity contribution is 5.72. The fourth-order valence-electron chi connectivity index (χ4n) is 2.60. The zero-order chi connectivity index (χ0) is 18.5. The zero-order valence-corrected chi connectivity index (χ0v) is 14.3. The van der Waals surface area contributed by atoms with Crippen molar-refractivity contribution in [3.05, 3.63) is 84.2 Å². The number of pyridine rings is 1. The topological polar surface area (TPSA) is 83.7 Å². The number of fused-ring (bicyclic) bond motifs is 1. The standard InChI is InChI=1S/C21H15N5O/c22-13-15-2-1-3-16(12-15)14-27-18-6-4-17(5-7-18)25-20-9-8-19-21(26-20)24-11-10-23-19/h1-12H,14H2,(H,24,25,26). The lowest BCUT2D eigenvalue weighted by Gasteiger charge is -2.09. The van der Waals surface area contributed by atoms with Crippen LogP contribution in [0.1, 0.15) is 11.1 Å². The minimum absolute atomic E-state index is 0.410. The number of rotatable bonds is 5. The highest BCUT2D eigenvalue weighted by atomic mass is 16.5. The van der Waals surface area contributed by atoms with Crippen LogP contribution in [0.4, 0.5) is 11.5 Å². The Hall–Kier alpha value is -3.98. The normalized spacial score (nSPS) is 10.3. The maximum absolute atomic E-state index is 8.95. The van der Waals surface area contributed by atoms with E-state index in [2.05, 4.69) is 26.3 Å². The number of hydrogen-bond donors (Lipinski definition) is 1. The third-order valence-electron chi connectivity index (χ3n) is 3.92. The molecular formula is C21H15N5O. The second-order valence-corrected chi connectivity index (χ2v) is 5.85. The molecule has 4 rings (SSSR count). The number of nitriles is 1.